The second kappa shape index (κ2) is 9.45. The van der Waals surface area contributed by atoms with Gasteiger partial charge < -0.3 is 36.5 Å². The number of primary amides is 1. The van der Waals surface area contributed by atoms with Crippen LogP contribution in [0.4, 0.5) is 11.5 Å². The standard InChI is InChI=1S/C24H23N9O4/c1-33-8-7-28-22(33)12-3-2-4-13(9-12)37-24-31-21-18(30-17(34)11-29-21)23(32-24)36-14-5-6-15(19(25)26)16(10-14)20(27)35/h2-6,9-10H,7-8,11H2,1H3,(H3,25,26)(H2,27,35)(H,30,34)(H,29,31,32). The predicted molar refractivity (Wildman–Crippen MR) is 136 cm³/mol. The summed E-state index contributed by atoms with van der Waals surface area (Å²) in [6.45, 7) is 1.58. The van der Waals surface area contributed by atoms with Crippen LogP contribution in [-0.2, 0) is 4.79 Å². The molecule has 0 saturated carbocycles. The van der Waals surface area contributed by atoms with Crippen molar-refractivity contribution in [1.29, 1.82) is 5.41 Å². The Labute approximate surface area is 211 Å². The Morgan fingerprint density at radius 2 is 1.89 bits per heavy atom. The number of carbonyl (C=O) groups is 2. The Bertz CT molecular complexity index is 1470. The minimum Gasteiger partial charge on any atom is -0.437 e. The summed E-state index contributed by atoms with van der Waals surface area (Å²) in [6.07, 6.45) is 0. The molecule has 0 spiro atoms. The van der Waals surface area contributed by atoms with E-state index in [-0.39, 0.29) is 52.7 Å². The summed E-state index contributed by atoms with van der Waals surface area (Å²) >= 11 is 0. The van der Waals surface area contributed by atoms with Gasteiger partial charge in [0.1, 0.15) is 28.9 Å². The normalized spacial score (nSPS) is 14.2. The molecule has 2 aromatic carbocycles. The number of amidine groups is 2. The van der Waals surface area contributed by atoms with Crippen LogP contribution < -0.4 is 31.6 Å². The number of ether oxygens (including phenoxy) is 2. The van der Waals surface area contributed by atoms with Crippen LogP contribution in [0.3, 0.4) is 0 Å². The summed E-state index contributed by atoms with van der Waals surface area (Å²) in [5, 5.41) is 13.2. The molecule has 0 radical (unpaired) electrons. The molecule has 13 heteroatoms. The van der Waals surface area contributed by atoms with Crippen molar-refractivity contribution in [2.45, 2.75) is 0 Å². The van der Waals surface area contributed by atoms with Gasteiger partial charge in [0.25, 0.3) is 5.88 Å². The molecule has 0 atom stereocenters. The number of likely N-dealkylation sites (N-methyl/N-ethyl adjacent to an activating group) is 1. The molecular formula is C24H23N9O4. The third-order valence-electron chi connectivity index (χ3n) is 5.66. The number of carbonyl (C=O) groups excluding carboxylic acids is 2. The van der Waals surface area contributed by atoms with Crippen molar-refractivity contribution in [3.8, 4) is 23.4 Å². The average Bonchev–Trinajstić information content (AvgIpc) is 3.30. The van der Waals surface area contributed by atoms with Gasteiger partial charge in [0.05, 0.1) is 18.7 Å². The first-order chi connectivity index (χ1) is 17.8. The van der Waals surface area contributed by atoms with E-state index in [0.717, 1.165) is 24.5 Å². The maximum Gasteiger partial charge on any atom is 0.327 e. The molecular weight excluding hydrogens is 478 g/mol. The summed E-state index contributed by atoms with van der Waals surface area (Å²) in [4.78, 5) is 39.2. The first-order valence-electron chi connectivity index (χ1n) is 11.2. The number of aliphatic imine (C=N–C) groups is 1. The van der Waals surface area contributed by atoms with E-state index in [9.17, 15) is 9.59 Å². The van der Waals surface area contributed by atoms with Crippen molar-refractivity contribution in [3.05, 3.63) is 59.2 Å². The van der Waals surface area contributed by atoms with Gasteiger partial charge in [-0.05, 0) is 30.3 Å². The lowest BCUT2D eigenvalue weighted by atomic mass is 10.1. The van der Waals surface area contributed by atoms with Gasteiger partial charge in [-0.25, -0.2) is 0 Å². The number of benzene rings is 2. The van der Waals surface area contributed by atoms with Crippen molar-refractivity contribution >= 4 is 35.0 Å². The van der Waals surface area contributed by atoms with Crippen LogP contribution in [0.15, 0.2) is 47.5 Å². The van der Waals surface area contributed by atoms with Gasteiger partial charge in [-0.3, -0.25) is 20.0 Å². The third kappa shape index (κ3) is 4.82. The number of hydrogen-bond donors (Lipinski definition) is 5. The summed E-state index contributed by atoms with van der Waals surface area (Å²) in [5.74, 6) is 0.384. The van der Waals surface area contributed by atoms with Crippen molar-refractivity contribution in [2.75, 3.05) is 37.3 Å². The highest BCUT2D eigenvalue weighted by Gasteiger charge is 2.25. The molecule has 2 amide bonds. The van der Waals surface area contributed by atoms with E-state index in [1.807, 2.05) is 25.2 Å². The fourth-order valence-electron chi connectivity index (χ4n) is 3.91. The number of fused-ring (bicyclic) bond motifs is 1. The van der Waals surface area contributed by atoms with Crippen LogP contribution in [0.5, 0.6) is 23.4 Å². The maximum absolute atomic E-state index is 12.0. The summed E-state index contributed by atoms with van der Waals surface area (Å²) < 4.78 is 11.9. The third-order valence-corrected chi connectivity index (χ3v) is 5.66. The topological polar surface area (TPSA) is 194 Å². The van der Waals surface area contributed by atoms with Crippen LogP contribution in [0, 0.1) is 5.41 Å². The quantitative estimate of drug-likeness (QED) is 0.235. The highest BCUT2D eigenvalue weighted by atomic mass is 16.5. The molecule has 3 heterocycles. The number of nitrogens with one attached hydrogen (secondary N) is 3. The predicted octanol–water partition coefficient (Wildman–Crippen LogP) is 1.50. The first kappa shape index (κ1) is 23.5. The van der Waals surface area contributed by atoms with Crippen LogP contribution in [0.25, 0.3) is 0 Å². The minimum atomic E-state index is -0.781. The van der Waals surface area contributed by atoms with Gasteiger partial charge in [0.2, 0.25) is 11.8 Å². The molecule has 3 aromatic rings. The van der Waals surface area contributed by atoms with E-state index in [0.29, 0.717) is 11.6 Å². The van der Waals surface area contributed by atoms with Crippen molar-refractivity contribution in [2.24, 2.45) is 16.5 Å². The van der Waals surface area contributed by atoms with Gasteiger partial charge in [-0.1, -0.05) is 12.1 Å². The molecule has 13 nitrogen and oxygen atoms in total. The summed E-state index contributed by atoms with van der Waals surface area (Å²) in [6, 6.07) is 11.6. The molecule has 0 saturated heterocycles. The molecule has 7 N–H and O–H groups in total. The highest BCUT2D eigenvalue weighted by molar-refractivity contribution is 6.07. The molecule has 2 aliphatic rings. The molecule has 0 bridgehead atoms. The lowest BCUT2D eigenvalue weighted by molar-refractivity contribution is -0.114. The molecule has 0 fully saturated rings. The zero-order valence-electron chi connectivity index (χ0n) is 19.7. The Morgan fingerprint density at radius 3 is 2.62 bits per heavy atom. The lowest BCUT2D eigenvalue weighted by Crippen LogP contribution is -2.28. The Kier molecular flexibility index (Phi) is 6.01. The zero-order chi connectivity index (χ0) is 26.1. The number of rotatable bonds is 7. The number of amides is 2. The van der Waals surface area contributed by atoms with E-state index in [4.69, 9.17) is 26.4 Å². The van der Waals surface area contributed by atoms with Gasteiger partial charge in [-0.15, -0.1) is 0 Å². The van der Waals surface area contributed by atoms with Crippen molar-refractivity contribution in [3.63, 3.8) is 0 Å². The van der Waals surface area contributed by atoms with Crippen molar-refractivity contribution in [1.82, 2.24) is 14.9 Å². The fourth-order valence-corrected chi connectivity index (χ4v) is 3.91. The number of anilines is 2. The highest BCUT2D eigenvalue weighted by Crippen LogP contribution is 2.37. The molecule has 188 valence electrons. The Morgan fingerprint density at radius 1 is 1.08 bits per heavy atom. The van der Waals surface area contributed by atoms with Gasteiger partial charge in [0, 0.05) is 24.7 Å². The Hall–Kier alpha value is -5.20. The van der Waals surface area contributed by atoms with E-state index in [2.05, 4.69) is 30.5 Å². The van der Waals surface area contributed by atoms with E-state index in [1.165, 1.54) is 18.2 Å². The van der Waals surface area contributed by atoms with E-state index < -0.39 is 5.91 Å². The van der Waals surface area contributed by atoms with Gasteiger partial charge >= 0.3 is 6.01 Å². The molecule has 5 rings (SSSR count). The number of nitrogens with zero attached hydrogens (tertiary/aromatic N) is 4. The monoisotopic (exact) mass is 501 g/mol. The summed E-state index contributed by atoms with van der Waals surface area (Å²) in [5.41, 5.74) is 12.3. The SMILES string of the molecule is CN1CCN=C1c1cccc(Oc2nc3c(c(Oc4ccc(C(=N)N)c(C(N)=O)c4)n2)NC(=O)CN3)c1. The van der Waals surface area contributed by atoms with E-state index in [1.54, 1.807) is 6.07 Å². The van der Waals surface area contributed by atoms with Gasteiger partial charge in [-0.2, -0.15) is 9.97 Å². The van der Waals surface area contributed by atoms with Crippen LogP contribution in [0.2, 0.25) is 0 Å². The molecule has 0 aliphatic carbocycles. The summed E-state index contributed by atoms with van der Waals surface area (Å²) in [7, 11) is 1.97. The maximum atomic E-state index is 12.0. The Balaban J connectivity index is 1.49. The van der Waals surface area contributed by atoms with Crippen LogP contribution in [-0.4, -0.2) is 65.0 Å². The molecule has 37 heavy (non-hydrogen) atoms. The zero-order valence-corrected chi connectivity index (χ0v) is 19.7. The smallest absolute Gasteiger partial charge is 0.327 e. The molecule has 1 aromatic heterocycles. The first-order valence-corrected chi connectivity index (χ1v) is 11.2. The minimum absolute atomic E-state index is 0.00293. The van der Waals surface area contributed by atoms with Crippen LogP contribution in [0.1, 0.15) is 21.5 Å². The number of aromatic nitrogens is 2. The van der Waals surface area contributed by atoms with E-state index >= 15 is 0 Å². The largest absolute Gasteiger partial charge is 0.437 e. The molecule has 0 unspecified atom stereocenters. The van der Waals surface area contributed by atoms with Gasteiger partial charge in [0.15, 0.2) is 5.82 Å². The average molecular weight is 502 g/mol. The second-order valence-electron chi connectivity index (χ2n) is 8.28. The number of nitrogens with two attached hydrogens (primary N) is 2. The van der Waals surface area contributed by atoms with Crippen LogP contribution >= 0.6 is 0 Å². The molecule has 2 aliphatic heterocycles. The lowest BCUT2D eigenvalue weighted by Gasteiger charge is -2.21. The second-order valence-corrected chi connectivity index (χ2v) is 8.28. The number of hydrogen-bond acceptors (Lipinski definition) is 10. The fraction of sp³-hybridized carbons (Fsp3) is 0.167. The van der Waals surface area contributed by atoms with Crippen molar-refractivity contribution < 1.29 is 19.1 Å². The number of nitrogen functional groups attached to an aromatic ring is 1.